The minimum atomic E-state index is -0.961. The molecule has 0 aliphatic carbocycles. The highest BCUT2D eigenvalue weighted by atomic mass is 17.1. The molecule has 0 atom stereocenters. The van der Waals surface area contributed by atoms with Gasteiger partial charge in [0.25, 0.3) is 0 Å². The maximum absolute atomic E-state index is 11.1. The fraction of sp³-hybridized carbons (Fsp3) is 0. The first-order chi connectivity index (χ1) is 10.1. The highest BCUT2D eigenvalue weighted by molar-refractivity contribution is 5.89. The number of carbonyl (C=O) groups is 2. The number of carboxylic acids is 1. The van der Waals surface area contributed by atoms with E-state index in [1.807, 2.05) is 12.2 Å². The topological polar surface area (TPSA) is 83.8 Å². The lowest BCUT2D eigenvalue weighted by molar-refractivity contribution is -0.182. The van der Waals surface area contributed by atoms with E-state index in [-0.39, 0.29) is 11.1 Å². The largest absolute Gasteiger partial charge is 0.478 e. The molecule has 0 radical (unpaired) electrons. The van der Waals surface area contributed by atoms with Gasteiger partial charge in [-0.25, -0.2) is 9.59 Å². The Morgan fingerprint density at radius 3 is 1.62 bits per heavy atom. The third kappa shape index (κ3) is 3.77. The van der Waals surface area contributed by atoms with E-state index in [9.17, 15) is 9.59 Å². The van der Waals surface area contributed by atoms with Gasteiger partial charge in [0.2, 0.25) is 0 Å². The Morgan fingerprint density at radius 1 is 0.810 bits per heavy atom. The van der Waals surface area contributed by atoms with Gasteiger partial charge in [-0.3, -0.25) is 4.89 Å². The molecule has 0 spiro atoms. The van der Waals surface area contributed by atoms with E-state index in [0.717, 1.165) is 11.1 Å². The lowest BCUT2D eigenvalue weighted by Crippen LogP contribution is -2.00. The molecule has 5 heteroatoms. The number of hydrogen-bond donors (Lipinski definition) is 2. The minimum absolute atomic E-state index is 0.235. The normalized spacial score (nSPS) is 10.5. The number of carboxylic acid groups (broad SMARTS) is 1. The third-order valence-electron chi connectivity index (χ3n) is 2.86. The van der Waals surface area contributed by atoms with Crippen molar-refractivity contribution in [2.75, 3.05) is 0 Å². The summed E-state index contributed by atoms with van der Waals surface area (Å²) in [7, 11) is 0. The van der Waals surface area contributed by atoms with Crippen molar-refractivity contribution < 1.29 is 24.8 Å². The molecule has 0 saturated heterocycles. The van der Waals surface area contributed by atoms with Crippen molar-refractivity contribution in [3.8, 4) is 0 Å². The van der Waals surface area contributed by atoms with Crippen LogP contribution in [0.2, 0.25) is 0 Å². The van der Waals surface area contributed by atoms with Crippen LogP contribution in [0.1, 0.15) is 31.8 Å². The van der Waals surface area contributed by atoms with Gasteiger partial charge in [-0.15, -0.1) is 0 Å². The summed E-state index contributed by atoms with van der Waals surface area (Å²) in [5, 5.41) is 17.1. The standard InChI is InChI=1S/C16H12O5/c17-15(18)13-7-3-11(4-8-13)1-2-12-5-9-14(10-6-12)16(19)21-20/h1-10,20H,(H,17,18)/b2-1+. The van der Waals surface area contributed by atoms with Crippen molar-refractivity contribution >= 4 is 24.1 Å². The Labute approximate surface area is 120 Å². The van der Waals surface area contributed by atoms with Crippen molar-refractivity contribution in [3.63, 3.8) is 0 Å². The van der Waals surface area contributed by atoms with E-state index in [1.165, 1.54) is 24.3 Å². The first kappa shape index (κ1) is 14.5. The molecular weight excluding hydrogens is 272 g/mol. The van der Waals surface area contributed by atoms with Crippen molar-refractivity contribution in [1.29, 1.82) is 0 Å². The molecule has 0 aromatic heterocycles. The van der Waals surface area contributed by atoms with Crippen molar-refractivity contribution in [1.82, 2.24) is 0 Å². The summed E-state index contributed by atoms with van der Waals surface area (Å²) in [5.41, 5.74) is 2.20. The smallest absolute Gasteiger partial charge is 0.372 e. The van der Waals surface area contributed by atoms with Crippen molar-refractivity contribution in [3.05, 3.63) is 70.8 Å². The first-order valence-electron chi connectivity index (χ1n) is 6.07. The number of rotatable bonds is 4. The molecule has 21 heavy (non-hydrogen) atoms. The Morgan fingerprint density at radius 2 is 1.24 bits per heavy atom. The summed E-state index contributed by atoms with van der Waals surface area (Å²) in [5.74, 6) is -1.77. The van der Waals surface area contributed by atoms with Crippen LogP contribution in [0.25, 0.3) is 12.2 Å². The van der Waals surface area contributed by atoms with E-state index < -0.39 is 11.9 Å². The molecule has 2 aromatic rings. The van der Waals surface area contributed by atoms with Crippen molar-refractivity contribution in [2.45, 2.75) is 0 Å². The van der Waals surface area contributed by atoms with Crippen LogP contribution in [0.15, 0.2) is 48.5 Å². The van der Waals surface area contributed by atoms with E-state index in [0.29, 0.717) is 0 Å². The van der Waals surface area contributed by atoms with Gasteiger partial charge < -0.3 is 5.11 Å². The molecule has 0 aliphatic rings. The summed E-state index contributed by atoms with van der Waals surface area (Å²) in [6.07, 6.45) is 3.65. The Hall–Kier alpha value is -2.92. The second-order valence-corrected chi connectivity index (χ2v) is 4.26. The van der Waals surface area contributed by atoms with Gasteiger partial charge in [-0.05, 0) is 35.4 Å². The molecule has 0 saturated carbocycles. The van der Waals surface area contributed by atoms with Crippen molar-refractivity contribution in [2.24, 2.45) is 0 Å². The van der Waals surface area contributed by atoms with Gasteiger partial charge in [0, 0.05) is 0 Å². The van der Waals surface area contributed by atoms with E-state index in [1.54, 1.807) is 24.3 Å². The van der Waals surface area contributed by atoms with Crippen LogP contribution in [0.3, 0.4) is 0 Å². The van der Waals surface area contributed by atoms with Crippen LogP contribution in [0.4, 0.5) is 0 Å². The lowest BCUT2D eigenvalue weighted by Gasteiger charge is -1.98. The SMILES string of the molecule is O=C(O)c1ccc(/C=C/c2ccc(C(=O)OO)cc2)cc1. The molecule has 2 rings (SSSR count). The van der Waals surface area contributed by atoms with Gasteiger partial charge in [0.05, 0.1) is 11.1 Å². The van der Waals surface area contributed by atoms with Crippen LogP contribution in [0, 0.1) is 0 Å². The summed E-state index contributed by atoms with van der Waals surface area (Å²) >= 11 is 0. The molecule has 5 nitrogen and oxygen atoms in total. The predicted molar refractivity (Wildman–Crippen MR) is 76.8 cm³/mol. The average Bonchev–Trinajstić information content (AvgIpc) is 2.53. The molecule has 0 amide bonds. The van der Waals surface area contributed by atoms with Crippen LogP contribution >= 0.6 is 0 Å². The Balaban J connectivity index is 2.10. The summed E-state index contributed by atoms with van der Waals surface area (Å²) in [6, 6.07) is 12.9. The summed E-state index contributed by atoms with van der Waals surface area (Å²) in [6.45, 7) is 0. The number of hydrogen-bond acceptors (Lipinski definition) is 4. The minimum Gasteiger partial charge on any atom is -0.478 e. The van der Waals surface area contributed by atoms with Crippen LogP contribution in [0.5, 0.6) is 0 Å². The van der Waals surface area contributed by atoms with E-state index in [4.69, 9.17) is 10.4 Å². The maximum atomic E-state index is 11.1. The summed E-state index contributed by atoms with van der Waals surface area (Å²) in [4.78, 5) is 25.4. The van der Waals surface area contributed by atoms with Gasteiger partial charge in [-0.1, -0.05) is 36.4 Å². The van der Waals surface area contributed by atoms with E-state index >= 15 is 0 Å². The van der Waals surface area contributed by atoms with E-state index in [2.05, 4.69) is 4.89 Å². The quantitative estimate of drug-likeness (QED) is 0.511. The zero-order valence-corrected chi connectivity index (χ0v) is 10.9. The zero-order chi connectivity index (χ0) is 15.2. The highest BCUT2D eigenvalue weighted by Crippen LogP contribution is 2.11. The number of carbonyl (C=O) groups excluding carboxylic acids is 1. The third-order valence-corrected chi connectivity index (χ3v) is 2.86. The fourth-order valence-electron chi connectivity index (χ4n) is 1.71. The van der Waals surface area contributed by atoms with Crippen LogP contribution < -0.4 is 0 Å². The zero-order valence-electron chi connectivity index (χ0n) is 10.9. The van der Waals surface area contributed by atoms with Crippen LogP contribution in [-0.2, 0) is 4.89 Å². The van der Waals surface area contributed by atoms with Gasteiger partial charge in [-0.2, -0.15) is 5.26 Å². The number of aromatic carboxylic acids is 1. The van der Waals surface area contributed by atoms with Crippen LogP contribution in [-0.4, -0.2) is 22.3 Å². The van der Waals surface area contributed by atoms with Gasteiger partial charge >= 0.3 is 11.9 Å². The monoisotopic (exact) mass is 284 g/mol. The predicted octanol–water partition coefficient (Wildman–Crippen LogP) is 3.19. The molecule has 2 N–H and O–H groups in total. The molecule has 0 aliphatic heterocycles. The van der Waals surface area contributed by atoms with Gasteiger partial charge in [0.15, 0.2) is 0 Å². The molecule has 106 valence electrons. The molecule has 0 fully saturated rings. The second-order valence-electron chi connectivity index (χ2n) is 4.26. The summed E-state index contributed by atoms with van der Waals surface area (Å²) < 4.78 is 0. The van der Waals surface area contributed by atoms with Gasteiger partial charge in [0.1, 0.15) is 0 Å². The molecular formula is C16H12O5. The molecule has 2 aromatic carbocycles. The molecule has 0 heterocycles. The molecule has 0 bridgehead atoms. The first-order valence-corrected chi connectivity index (χ1v) is 6.07. The fourth-order valence-corrected chi connectivity index (χ4v) is 1.71. The average molecular weight is 284 g/mol. The Kier molecular flexibility index (Phi) is 4.48. The Bertz CT molecular complexity index is 669. The second kappa shape index (κ2) is 6.49. The lowest BCUT2D eigenvalue weighted by atomic mass is 10.1. The molecule has 0 unspecified atom stereocenters. The highest BCUT2D eigenvalue weighted by Gasteiger charge is 2.05. The number of benzene rings is 2. The maximum Gasteiger partial charge on any atom is 0.372 e.